The lowest BCUT2D eigenvalue weighted by Gasteiger charge is -2.10. The van der Waals surface area contributed by atoms with E-state index in [1.54, 1.807) is 18.2 Å². The van der Waals surface area contributed by atoms with Crippen molar-refractivity contribution in [2.75, 3.05) is 5.32 Å². The molecule has 0 aliphatic carbocycles. The van der Waals surface area contributed by atoms with Crippen LogP contribution in [0.15, 0.2) is 71.7 Å². The van der Waals surface area contributed by atoms with Gasteiger partial charge in [-0.15, -0.1) is 4.73 Å². The lowest BCUT2D eigenvalue weighted by atomic mass is 10.0. The molecule has 2 heterocycles. The van der Waals surface area contributed by atoms with Gasteiger partial charge < -0.3 is 10.5 Å². The molecule has 7 heteroatoms. The highest BCUT2D eigenvalue weighted by Gasteiger charge is 2.10. The summed E-state index contributed by atoms with van der Waals surface area (Å²) in [5, 5.41) is 22.6. The van der Waals surface area contributed by atoms with Crippen LogP contribution in [-0.2, 0) is 6.54 Å². The van der Waals surface area contributed by atoms with Crippen LogP contribution < -0.4 is 11.0 Å². The molecule has 0 aliphatic rings. The fourth-order valence-corrected chi connectivity index (χ4v) is 2.99. The van der Waals surface area contributed by atoms with Gasteiger partial charge in [0.2, 0.25) is 0 Å². The molecule has 0 fully saturated rings. The summed E-state index contributed by atoms with van der Waals surface area (Å²) in [6.45, 7) is 0.428. The zero-order valence-electron chi connectivity index (χ0n) is 14.7. The van der Waals surface area contributed by atoms with E-state index in [1.807, 2.05) is 42.5 Å². The summed E-state index contributed by atoms with van der Waals surface area (Å²) in [5.74, 6) is 0.357. The van der Waals surface area contributed by atoms with E-state index in [-0.39, 0.29) is 5.65 Å². The molecular formula is C21H15N5O2. The Labute approximate surface area is 160 Å². The van der Waals surface area contributed by atoms with E-state index in [0.29, 0.717) is 28.0 Å². The van der Waals surface area contributed by atoms with Crippen LogP contribution >= 0.6 is 0 Å². The number of rotatable bonds is 4. The third kappa shape index (κ3) is 3.27. The van der Waals surface area contributed by atoms with Crippen molar-refractivity contribution in [2.45, 2.75) is 6.54 Å². The molecule has 0 unspecified atom stereocenters. The fourth-order valence-electron chi connectivity index (χ4n) is 2.99. The third-order valence-electron chi connectivity index (χ3n) is 4.34. The number of nitrogens with zero attached hydrogens (tertiary/aromatic N) is 4. The molecule has 4 aromatic rings. The summed E-state index contributed by atoms with van der Waals surface area (Å²) in [6.07, 6.45) is 1.50. The second kappa shape index (κ2) is 7.21. The Hall–Kier alpha value is -4.18. The van der Waals surface area contributed by atoms with Crippen LogP contribution in [0.1, 0.15) is 11.1 Å². The molecule has 0 saturated heterocycles. The van der Waals surface area contributed by atoms with Crippen LogP contribution in [0.25, 0.3) is 22.2 Å². The van der Waals surface area contributed by atoms with E-state index in [9.17, 15) is 10.0 Å². The monoisotopic (exact) mass is 369 g/mol. The minimum atomic E-state index is -0.796. The van der Waals surface area contributed by atoms with Crippen LogP contribution in [0.5, 0.6) is 0 Å². The maximum atomic E-state index is 11.9. The summed E-state index contributed by atoms with van der Waals surface area (Å²) in [4.78, 5) is 19.8. The van der Waals surface area contributed by atoms with Crippen LogP contribution in [0.3, 0.4) is 0 Å². The second-order valence-corrected chi connectivity index (χ2v) is 6.18. The molecule has 0 atom stereocenters. The van der Waals surface area contributed by atoms with Crippen molar-refractivity contribution in [1.82, 2.24) is 14.7 Å². The van der Waals surface area contributed by atoms with Gasteiger partial charge in [0.25, 0.3) is 0 Å². The Balaban J connectivity index is 1.63. The molecule has 0 spiro atoms. The zero-order valence-corrected chi connectivity index (χ0v) is 14.7. The van der Waals surface area contributed by atoms with Gasteiger partial charge in [-0.2, -0.15) is 10.2 Å². The first-order valence-corrected chi connectivity index (χ1v) is 8.56. The maximum Gasteiger partial charge on any atom is 0.384 e. The number of hydrogen-bond donors (Lipinski definition) is 2. The zero-order chi connectivity index (χ0) is 19.5. The van der Waals surface area contributed by atoms with Crippen LogP contribution in [0.4, 0.5) is 5.82 Å². The van der Waals surface area contributed by atoms with E-state index in [4.69, 9.17) is 5.26 Å². The van der Waals surface area contributed by atoms with Gasteiger partial charge in [0.1, 0.15) is 5.82 Å². The number of benzene rings is 2. The smallest absolute Gasteiger partial charge is 0.384 e. The van der Waals surface area contributed by atoms with Gasteiger partial charge in [0.15, 0.2) is 5.65 Å². The number of hydrogen-bond acceptors (Lipinski definition) is 6. The molecule has 0 saturated carbocycles. The Morgan fingerprint density at radius 1 is 1.07 bits per heavy atom. The van der Waals surface area contributed by atoms with E-state index >= 15 is 0 Å². The van der Waals surface area contributed by atoms with E-state index in [2.05, 4.69) is 21.4 Å². The molecular weight excluding hydrogens is 354 g/mol. The van der Waals surface area contributed by atoms with Crippen molar-refractivity contribution in [3.63, 3.8) is 0 Å². The minimum absolute atomic E-state index is 0.145. The van der Waals surface area contributed by atoms with E-state index in [1.165, 1.54) is 6.20 Å². The Morgan fingerprint density at radius 2 is 1.86 bits per heavy atom. The van der Waals surface area contributed by atoms with Gasteiger partial charge in [0.05, 0.1) is 17.0 Å². The third-order valence-corrected chi connectivity index (χ3v) is 4.34. The second-order valence-electron chi connectivity index (χ2n) is 6.18. The Bertz CT molecular complexity index is 1270. The highest BCUT2D eigenvalue weighted by Crippen LogP contribution is 2.23. The molecule has 28 heavy (non-hydrogen) atoms. The highest BCUT2D eigenvalue weighted by atomic mass is 16.5. The summed E-state index contributed by atoms with van der Waals surface area (Å²) >= 11 is 0. The molecule has 136 valence electrons. The van der Waals surface area contributed by atoms with Gasteiger partial charge in [0, 0.05) is 12.7 Å². The molecule has 2 aromatic carbocycles. The number of pyridine rings is 1. The average molecular weight is 369 g/mol. The number of aromatic nitrogens is 3. The Morgan fingerprint density at radius 3 is 2.68 bits per heavy atom. The van der Waals surface area contributed by atoms with Crippen molar-refractivity contribution in [1.29, 1.82) is 5.26 Å². The van der Waals surface area contributed by atoms with Crippen molar-refractivity contribution < 1.29 is 5.21 Å². The largest absolute Gasteiger partial charge is 0.422 e. The van der Waals surface area contributed by atoms with Crippen LogP contribution in [0, 0.1) is 11.3 Å². The number of fused-ring (bicyclic) bond motifs is 1. The predicted molar refractivity (Wildman–Crippen MR) is 105 cm³/mol. The molecule has 0 bridgehead atoms. The number of nitrogens with one attached hydrogen (secondary N) is 1. The first-order chi connectivity index (χ1) is 13.7. The highest BCUT2D eigenvalue weighted by molar-refractivity contribution is 5.86. The normalized spacial score (nSPS) is 10.5. The molecule has 7 nitrogen and oxygen atoms in total. The van der Waals surface area contributed by atoms with Gasteiger partial charge in [-0.05, 0) is 47.0 Å². The van der Waals surface area contributed by atoms with Crippen molar-refractivity contribution >= 4 is 16.9 Å². The van der Waals surface area contributed by atoms with Crippen LogP contribution in [-0.4, -0.2) is 19.9 Å². The summed E-state index contributed by atoms with van der Waals surface area (Å²) < 4.78 is 0.434. The molecule has 4 rings (SSSR count). The van der Waals surface area contributed by atoms with Crippen molar-refractivity contribution in [3.8, 4) is 17.2 Å². The maximum absolute atomic E-state index is 11.9. The predicted octanol–water partition coefficient (Wildman–Crippen LogP) is 3.18. The summed E-state index contributed by atoms with van der Waals surface area (Å²) in [7, 11) is 0. The molecule has 0 aliphatic heterocycles. The number of anilines is 1. The topological polar surface area (TPSA) is 104 Å². The first kappa shape index (κ1) is 17.2. The van der Waals surface area contributed by atoms with Gasteiger partial charge in [-0.3, -0.25) is 0 Å². The average Bonchev–Trinajstić information content (AvgIpc) is 2.75. The molecule has 0 amide bonds. The van der Waals surface area contributed by atoms with Gasteiger partial charge in [-0.1, -0.05) is 30.3 Å². The lowest BCUT2D eigenvalue weighted by molar-refractivity contribution is 0.182. The van der Waals surface area contributed by atoms with Crippen LogP contribution in [0.2, 0.25) is 0 Å². The van der Waals surface area contributed by atoms with Crippen molar-refractivity contribution in [2.24, 2.45) is 0 Å². The lowest BCUT2D eigenvalue weighted by Crippen LogP contribution is -2.23. The van der Waals surface area contributed by atoms with Gasteiger partial charge in [-0.25, -0.2) is 9.78 Å². The molecule has 0 radical (unpaired) electrons. The standard InChI is InChI=1S/C21H15N5O2/c22-12-14-4-1-6-16(10-14)17-7-2-5-15(11-17)13-24-19-18-8-3-9-23-20(18)26(28)21(27)25-19/h1-11,28H,13H2,(H,24,25,27). The summed E-state index contributed by atoms with van der Waals surface area (Å²) in [5.41, 5.74) is 2.88. The Kier molecular flexibility index (Phi) is 4.44. The van der Waals surface area contributed by atoms with E-state index < -0.39 is 5.69 Å². The fraction of sp³-hybridized carbons (Fsp3) is 0.0476. The minimum Gasteiger partial charge on any atom is -0.422 e. The van der Waals surface area contributed by atoms with Gasteiger partial charge >= 0.3 is 5.69 Å². The van der Waals surface area contributed by atoms with E-state index in [0.717, 1.165) is 16.7 Å². The summed E-state index contributed by atoms with van der Waals surface area (Å²) in [6, 6.07) is 20.9. The number of nitriles is 1. The SMILES string of the molecule is N#Cc1cccc(-c2cccc(CNc3nc(=O)n(O)c4ncccc34)c2)c1. The van der Waals surface area contributed by atoms with Crippen molar-refractivity contribution in [3.05, 3.63) is 88.5 Å². The quantitative estimate of drug-likeness (QED) is 0.536. The molecule has 2 N–H and O–H groups in total. The first-order valence-electron chi connectivity index (χ1n) is 8.56. The molecule has 2 aromatic heterocycles.